The lowest BCUT2D eigenvalue weighted by Crippen LogP contribution is -2.40. The van der Waals surface area contributed by atoms with Crippen LogP contribution < -0.4 is 5.32 Å². The van der Waals surface area contributed by atoms with Gasteiger partial charge in [-0.1, -0.05) is 49.2 Å². The lowest BCUT2D eigenvalue weighted by atomic mass is 9.76. The molecule has 3 nitrogen and oxygen atoms in total. The predicted octanol–water partition coefficient (Wildman–Crippen LogP) is 4.88. The van der Waals surface area contributed by atoms with Gasteiger partial charge in [-0.3, -0.25) is 9.78 Å². The van der Waals surface area contributed by atoms with Gasteiger partial charge in [-0.15, -0.1) is 0 Å². The van der Waals surface area contributed by atoms with Crippen molar-refractivity contribution in [2.24, 2.45) is 0 Å². The van der Waals surface area contributed by atoms with Crippen molar-refractivity contribution in [2.75, 3.05) is 6.54 Å². The zero-order chi connectivity index (χ0) is 16.9. The summed E-state index contributed by atoms with van der Waals surface area (Å²) in [5.41, 5.74) is 1.38. The minimum atomic E-state index is -0.215. The smallest absolute Gasteiger partial charge is 0.252 e. The summed E-state index contributed by atoms with van der Waals surface area (Å²) in [5.74, 6) is -0.215. The Bertz CT molecular complexity index is 670. The Morgan fingerprint density at radius 3 is 2.52 bits per heavy atom. The molecule has 0 fully saturated rings. The van der Waals surface area contributed by atoms with Crippen LogP contribution in [0.1, 0.15) is 42.6 Å². The van der Waals surface area contributed by atoms with Gasteiger partial charge in [0.15, 0.2) is 0 Å². The van der Waals surface area contributed by atoms with Crippen LogP contribution in [-0.4, -0.2) is 17.4 Å². The second-order valence-corrected chi connectivity index (χ2v) is 6.30. The fraction of sp³-hybridized carbons (Fsp3) is 0.333. The normalized spacial score (nSPS) is 11.3. The van der Waals surface area contributed by atoms with Crippen molar-refractivity contribution in [3.8, 4) is 0 Å². The SMILES string of the molecule is CCC(CC)(CNC(=O)c1cccc(Cl)c1Cl)c1cccnc1. The van der Waals surface area contributed by atoms with Crippen molar-refractivity contribution < 1.29 is 4.79 Å². The van der Waals surface area contributed by atoms with Gasteiger partial charge in [-0.2, -0.15) is 0 Å². The molecule has 2 aromatic rings. The van der Waals surface area contributed by atoms with Gasteiger partial charge < -0.3 is 5.32 Å². The molecule has 23 heavy (non-hydrogen) atoms. The molecule has 1 aromatic carbocycles. The molecular formula is C18H20Cl2N2O. The predicted molar refractivity (Wildman–Crippen MR) is 95.3 cm³/mol. The van der Waals surface area contributed by atoms with Crippen molar-refractivity contribution in [2.45, 2.75) is 32.1 Å². The van der Waals surface area contributed by atoms with Crippen molar-refractivity contribution >= 4 is 29.1 Å². The van der Waals surface area contributed by atoms with E-state index in [1.165, 1.54) is 0 Å². The van der Waals surface area contributed by atoms with E-state index >= 15 is 0 Å². The van der Waals surface area contributed by atoms with Crippen LogP contribution in [-0.2, 0) is 5.41 Å². The van der Waals surface area contributed by atoms with Crippen LogP contribution in [0.3, 0.4) is 0 Å². The summed E-state index contributed by atoms with van der Waals surface area (Å²) in [7, 11) is 0. The number of hydrogen-bond donors (Lipinski definition) is 1. The summed E-state index contributed by atoms with van der Waals surface area (Å²) in [6.45, 7) is 4.76. The van der Waals surface area contributed by atoms with Gasteiger partial charge in [0.05, 0.1) is 15.6 Å². The maximum atomic E-state index is 12.5. The number of aromatic nitrogens is 1. The Labute approximate surface area is 147 Å². The summed E-state index contributed by atoms with van der Waals surface area (Å²) in [5, 5.41) is 3.66. The van der Waals surface area contributed by atoms with Crippen LogP contribution in [0.25, 0.3) is 0 Å². The average Bonchev–Trinajstić information content (AvgIpc) is 2.59. The van der Waals surface area contributed by atoms with Gasteiger partial charge in [0.25, 0.3) is 5.91 Å². The van der Waals surface area contributed by atoms with Crippen LogP contribution in [0.4, 0.5) is 0 Å². The molecule has 5 heteroatoms. The van der Waals surface area contributed by atoms with Crippen LogP contribution in [0.15, 0.2) is 42.7 Å². The average molecular weight is 351 g/mol. The third-order valence-electron chi connectivity index (χ3n) is 4.41. The molecule has 0 aliphatic heterocycles. The number of amides is 1. The van der Waals surface area contributed by atoms with Gasteiger partial charge in [0.1, 0.15) is 0 Å². The largest absolute Gasteiger partial charge is 0.351 e. The van der Waals surface area contributed by atoms with Gasteiger partial charge in [0.2, 0.25) is 0 Å². The molecule has 0 aliphatic carbocycles. The number of benzene rings is 1. The number of hydrogen-bond acceptors (Lipinski definition) is 2. The first-order valence-electron chi connectivity index (χ1n) is 7.66. The van der Waals surface area contributed by atoms with E-state index in [4.69, 9.17) is 23.2 Å². The number of pyridine rings is 1. The summed E-state index contributed by atoms with van der Waals surface area (Å²) < 4.78 is 0. The highest BCUT2D eigenvalue weighted by Crippen LogP contribution is 2.31. The molecule has 0 spiro atoms. The summed E-state index contributed by atoms with van der Waals surface area (Å²) in [6.07, 6.45) is 5.42. The number of carbonyl (C=O) groups is 1. The summed E-state index contributed by atoms with van der Waals surface area (Å²) >= 11 is 12.1. The first-order chi connectivity index (χ1) is 11.0. The van der Waals surface area contributed by atoms with Crippen molar-refractivity contribution in [1.82, 2.24) is 10.3 Å². The highest BCUT2D eigenvalue weighted by Gasteiger charge is 2.29. The molecule has 1 aromatic heterocycles. The van der Waals surface area contributed by atoms with E-state index in [1.54, 1.807) is 24.4 Å². The van der Waals surface area contributed by atoms with E-state index in [-0.39, 0.29) is 16.3 Å². The highest BCUT2D eigenvalue weighted by molar-refractivity contribution is 6.43. The third kappa shape index (κ3) is 3.85. The van der Waals surface area contributed by atoms with Gasteiger partial charge in [0, 0.05) is 24.4 Å². The minimum absolute atomic E-state index is 0.144. The Balaban J connectivity index is 2.19. The summed E-state index contributed by atoms with van der Waals surface area (Å²) in [6, 6.07) is 9.03. The Kier molecular flexibility index (Phi) is 6.03. The Hall–Kier alpha value is -1.58. The lowest BCUT2D eigenvalue weighted by molar-refractivity contribution is 0.0941. The zero-order valence-electron chi connectivity index (χ0n) is 13.3. The van der Waals surface area contributed by atoms with Crippen molar-refractivity contribution in [1.29, 1.82) is 0 Å². The van der Waals surface area contributed by atoms with Crippen molar-refractivity contribution in [3.05, 3.63) is 63.9 Å². The number of rotatable bonds is 6. The fourth-order valence-electron chi connectivity index (χ4n) is 2.71. The standard InChI is InChI=1S/C18H20Cl2N2O/c1-3-18(4-2,13-7-6-10-21-11-13)12-22-17(23)14-8-5-9-15(19)16(14)20/h5-11H,3-4,12H2,1-2H3,(H,22,23). The summed E-state index contributed by atoms with van der Waals surface area (Å²) in [4.78, 5) is 16.7. The molecule has 0 saturated carbocycles. The van der Waals surface area contributed by atoms with Crippen LogP contribution >= 0.6 is 23.2 Å². The Morgan fingerprint density at radius 2 is 1.91 bits per heavy atom. The lowest BCUT2D eigenvalue weighted by Gasteiger charge is -2.32. The molecule has 122 valence electrons. The van der Waals surface area contributed by atoms with E-state index in [9.17, 15) is 4.79 Å². The molecule has 0 saturated heterocycles. The number of nitrogens with one attached hydrogen (secondary N) is 1. The third-order valence-corrected chi connectivity index (χ3v) is 5.23. The monoisotopic (exact) mass is 350 g/mol. The quantitative estimate of drug-likeness (QED) is 0.806. The Morgan fingerprint density at radius 1 is 1.17 bits per heavy atom. The molecule has 1 amide bonds. The highest BCUT2D eigenvalue weighted by atomic mass is 35.5. The van der Waals surface area contributed by atoms with Crippen LogP contribution in [0, 0.1) is 0 Å². The number of carbonyl (C=O) groups excluding carboxylic acids is 1. The molecule has 0 bridgehead atoms. The number of nitrogens with zero attached hydrogens (tertiary/aromatic N) is 1. The molecule has 0 aliphatic rings. The van der Waals surface area contributed by atoms with Crippen LogP contribution in [0.2, 0.25) is 10.0 Å². The second kappa shape index (κ2) is 7.80. The minimum Gasteiger partial charge on any atom is -0.351 e. The molecule has 1 N–H and O–H groups in total. The van der Waals surface area contributed by atoms with Gasteiger partial charge >= 0.3 is 0 Å². The maximum absolute atomic E-state index is 12.5. The molecule has 1 heterocycles. The molecular weight excluding hydrogens is 331 g/mol. The van der Waals surface area contributed by atoms with Gasteiger partial charge in [-0.25, -0.2) is 0 Å². The molecule has 0 unspecified atom stereocenters. The topological polar surface area (TPSA) is 42.0 Å². The molecule has 0 radical (unpaired) electrons. The van der Waals surface area contributed by atoms with E-state index in [1.807, 2.05) is 12.3 Å². The van der Waals surface area contributed by atoms with Crippen LogP contribution in [0.5, 0.6) is 0 Å². The fourth-order valence-corrected chi connectivity index (χ4v) is 3.10. The number of halogens is 2. The van der Waals surface area contributed by atoms with E-state index in [2.05, 4.69) is 30.2 Å². The first kappa shape index (κ1) is 17.8. The van der Waals surface area contributed by atoms with Crippen molar-refractivity contribution in [3.63, 3.8) is 0 Å². The zero-order valence-corrected chi connectivity index (χ0v) is 14.8. The second-order valence-electron chi connectivity index (χ2n) is 5.51. The van der Waals surface area contributed by atoms with Gasteiger partial charge in [-0.05, 0) is 36.6 Å². The van der Waals surface area contributed by atoms with E-state index < -0.39 is 0 Å². The van der Waals surface area contributed by atoms with E-state index in [0.717, 1.165) is 18.4 Å². The molecule has 0 atom stereocenters. The maximum Gasteiger partial charge on any atom is 0.252 e. The van der Waals surface area contributed by atoms with E-state index in [0.29, 0.717) is 17.1 Å². The molecule has 2 rings (SSSR count). The first-order valence-corrected chi connectivity index (χ1v) is 8.42.